The van der Waals surface area contributed by atoms with Crippen molar-refractivity contribution in [2.75, 3.05) is 13.2 Å². The average Bonchev–Trinajstić information content (AvgIpc) is 3.07. The van der Waals surface area contributed by atoms with Crippen molar-refractivity contribution in [1.82, 2.24) is 0 Å². The number of aliphatic hydroxyl groups excluding tert-OH is 3. The molecule has 4 atom stereocenters. The van der Waals surface area contributed by atoms with Crippen LogP contribution >= 0.6 is 0 Å². The maximum Gasteiger partial charge on any atom is 0.305 e. The lowest BCUT2D eigenvalue weighted by atomic mass is 10.1. The molecule has 0 unspecified atom stereocenters. The molecule has 1 aliphatic heterocycles. The largest absolute Gasteiger partial charge is 0.463 e. The van der Waals surface area contributed by atoms with E-state index in [0.717, 1.165) is 25.7 Å². The van der Waals surface area contributed by atoms with Gasteiger partial charge in [-0.1, -0.05) is 70.4 Å². The molecule has 1 aliphatic rings. The first-order chi connectivity index (χ1) is 14.6. The normalized spacial score (nSPS) is 21.9. The molecule has 0 saturated carbocycles. The van der Waals surface area contributed by atoms with Gasteiger partial charge in [0.05, 0.1) is 6.61 Å². The smallest absolute Gasteiger partial charge is 0.305 e. The van der Waals surface area contributed by atoms with Gasteiger partial charge in [0.15, 0.2) is 17.4 Å². The molecule has 0 aromatic carbocycles. The summed E-state index contributed by atoms with van der Waals surface area (Å²) >= 11 is 0. The van der Waals surface area contributed by atoms with Crippen molar-refractivity contribution in [2.45, 2.75) is 121 Å². The average molecular weight is 459 g/mol. The van der Waals surface area contributed by atoms with Gasteiger partial charge in [0.25, 0.3) is 0 Å². The minimum absolute atomic E-state index is 0. The van der Waals surface area contributed by atoms with E-state index in [1.54, 1.807) is 0 Å². The van der Waals surface area contributed by atoms with Gasteiger partial charge in [-0.3, -0.25) is 4.79 Å². The van der Waals surface area contributed by atoms with Crippen molar-refractivity contribution in [3.05, 3.63) is 12.2 Å². The summed E-state index contributed by atoms with van der Waals surface area (Å²) in [6.45, 7) is 2.00. The van der Waals surface area contributed by atoms with Crippen LogP contribution in [0.25, 0.3) is 0 Å². The van der Waals surface area contributed by atoms with E-state index in [9.17, 15) is 20.1 Å². The topological polar surface area (TPSA) is 96.2 Å². The molecule has 182 valence electrons. The standard InChI is InChI=1S/C24H44O6.Al.3H/c1-2-3-4-5-6-7-8-9-10-11-12-13-14-15-16-17-22(27)29-19-21(26)24-23(28)20(25)18-30-24;;;;/h9-10,20-21,23-26,28H,2-8,11-19H2,1H3;;;;/b10-9-;;;;/t20-,21+,23+,24+;;;;/m0..../s1. The van der Waals surface area contributed by atoms with E-state index in [1.165, 1.54) is 57.8 Å². The van der Waals surface area contributed by atoms with Gasteiger partial charge < -0.3 is 24.8 Å². The number of esters is 1. The number of carbonyl (C=O) groups excluding carboxylic acids is 1. The number of aliphatic hydroxyl groups is 3. The fraction of sp³-hybridized carbons (Fsp3) is 0.875. The van der Waals surface area contributed by atoms with Crippen molar-refractivity contribution in [2.24, 2.45) is 0 Å². The summed E-state index contributed by atoms with van der Waals surface area (Å²) < 4.78 is 10.2. The fourth-order valence-corrected chi connectivity index (χ4v) is 3.65. The molecule has 0 amide bonds. The maximum absolute atomic E-state index is 11.7. The molecule has 0 aliphatic carbocycles. The van der Waals surface area contributed by atoms with Gasteiger partial charge in [-0.15, -0.1) is 0 Å². The highest BCUT2D eigenvalue weighted by Gasteiger charge is 2.39. The molecular weight excluding hydrogens is 411 g/mol. The number of allylic oxidation sites excluding steroid dienone is 2. The summed E-state index contributed by atoms with van der Waals surface area (Å²) in [4.78, 5) is 11.7. The predicted octanol–water partition coefficient (Wildman–Crippen LogP) is 2.86. The molecule has 1 fully saturated rings. The van der Waals surface area contributed by atoms with Crippen LogP contribution in [0.2, 0.25) is 0 Å². The van der Waals surface area contributed by atoms with E-state index in [-0.39, 0.29) is 36.5 Å². The van der Waals surface area contributed by atoms with Crippen LogP contribution < -0.4 is 0 Å². The van der Waals surface area contributed by atoms with Crippen LogP contribution in [0.15, 0.2) is 12.2 Å². The van der Waals surface area contributed by atoms with Gasteiger partial charge in [0, 0.05) is 6.42 Å². The van der Waals surface area contributed by atoms with Crippen LogP contribution in [0.5, 0.6) is 0 Å². The highest BCUT2D eigenvalue weighted by atomic mass is 27.0. The van der Waals surface area contributed by atoms with E-state index in [4.69, 9.17) is 9.47 Å². The Kier molecular flexibility index (Phi) is 19.9. The monoisotopic (exact) mass is 458 g/mol. The lowest BCUT2D eigenvalue weighted by Crippen LogP contribution is -2.41. The fourth-order valence-electron chi connectivity index (χ4n) is 3.65. The highest BCUT2D eigenvalue weighted by Crippen LogP contribution is 2.18. The van der Waals surface area contributed by atoms with Crippen molar-refractivity contribution in [1.29, 1.82) is 0 Å². The molecule has 0 aromatic heterocycles. The minimum Gasteiger partial charge on any atom is -0.463 e. The molecule has 3 N–H and O–H groups in total. The summed E-state index contributed by atoms with van der Waals surface area (Å²) in [6.07, 6.45) is 16.5. The number of hydrogen-bond donors (Lipinski definition) is 3. The number of rotatable bonds is 18. The Hall–Kier alpha value is -0.418. The predicted molar refractivity (Wildman–Crippen MR) is 128 cm³/mol. The molecule has 0 radical (unpaired) electrons. The van der Waals surface area contributed by atoms with E-state index in [1.807, 2.05) is 0 Å². The second kappa shape index (κ2) is 20.2. The lowest BCUT2D eigenvalue weighted by molar-refractivity contribution is -0.151. The Morgan fingerprint density at radius 1 is 0.968 bits per heavy atom. The molecule has 6 nitrogen and oxygen atoms in total. The van der Waals surface area contributed by atoms with Crippen LogP contribution in [0.3, 0.4) is 0 Å². The third-order valence-corrected chi connectivity index (χ3v) is 5.63. The van der Waals surface area contributed by atoms with Crippen molar-refractivity contribution in [3.8, 4) is 0 Å². The van der Waals surface area contributed by atoms with Crippen molar-refractivity contribution in [3.63, 3.8) is 0 Å². The van der Waals surface area contributed by atoms with Gasteiger partial charge in [0.2, 0.25) is 0 Å². The highest BCUT2D eigenvalue weighted by molar-refractivity contribution is 5.75. The molecule has 31 heavy (non-hydrogen) atoms. The Balaban J connectivity index is 0.00000900. The Labute approximate surface area is 199 Å². The number of ether oxygens (including phenoxy) is 2. The van der Waals surface area contributed by atoms with Gasteiger partial charge >= 0.3 is 5.97 Å². The SMILES string of the molecule is CCCCCCCC/C=C\CCCCCCCC(=O)OC[C@@H](O)[C@H]1OC[C@H](O)[C@H]1O.[AlH3]. The molecule has 0 bridgehead atoms. The molecule has 1 heterocycles. The van der Waals surface area contributed by atoms with E-state index < -0.39 is 24.4 Å². The summed E-state index contributed by atoms with van der Waals surface area (Å²) in [5, 5.41) is 29.0. The Morgan fingerprint density at radius 2 is 1.52 bits per heavy atom. The maximum atomic E-state index is 11.7. The molecular formula is C24H47AlO6. The van der Waals surface area contributed by atoms with Gasteiger partial charge in [-0.05, 0) is 32.1 Å². The van der Waals surface area contributed by atoms with Crippen LogP contribution in [0.1, 0.15) is 96.8 Å². The first-order valence-corrected chi connectivity index (χ1v) is 12.0. The minimum atomic E-state index is -1.15. The Bertz CT molecular complexity index is 459. The van der Waals surface area contributed by atoms with Gasteiger partial charge in [-0.25, -0.2) is 0 Å². The van der Waals surface area contributed by atoms with Crippen LogP contribution in [-0.2, 0) is 14.3 Å². The number of carbonyl (C=O) groups is 1. The second-order valence-electron chi connectivity index (χ2n) is 8.44. The zero-order valence-corrected chi connectivity index (χ0v) is 18.8. The van der Waals surface area contributed by atoms with Crippen LogP contribution in [0, 0.1) is 0 Å². The first-order valence-electron chi connectivity index (χ1n) is 12.0. The number of hydrogen-bond acceptors (Lipinski definition) is 6. The molecule has 7 heteroatoms. The third kappa shape index (κ3) is 15.1. The zero-order chi connectivity index (χ0) is 22.0. The van der Waals surface area contributed by atoms with Gasteiger partial charge in [-0.2, -0.15) is 0 Å². The van der Waals surface area contributed by atoms with Gasteiger partial charge in [0.1, 0.15) is 31.0 Å². The molecule has 1 rings (SSSR count). The Morgan fingerprint density at radius 3 is 2.06 bits per heavy atom. The quantitative estimate of drug-likeness (QED) is 0.127. The summed E-state index contributed by atoms with van der Waals surface area (Å²) in [5.41, 5.74) is 0. The lowest BCUT2D eigenvalue weighted by Gasteiger charge is -2.20. The van der Waals surface area contributed by atoms with Crippen molar-refractivity contribution >= 4 is 23.3 Å². The zero-order valence-electron chi connectivity index (χ0n) is 18.8. The molecule has 1 saturated heterocycles. The number of unbranched alkanes of at least 4 members (excludes halogenated alkanes) is 11. The van der Waals surface area contributed by atoms with Crippen LogP contribution in [0.4, 0.5) is 0 Å². The summed E-state index contributed by atoms with van der Waals surface area (Å²) in [7, 11) is 0. The van der Waals surface area contributed by atoms with E-state index >= 15 is 0 Å². The summed E-state index contributed by atoms with van der Waals surface area (Å²) in [6, 6.07) is 0. The van der Waals surface area contributed by atoms with Crippen LogP contribution in [-0.4, -0.2) is 76.3 Å². The van der Waals surface area contributed by atoms with E-state index in [2.05, 4.69) is 19.1 Å². The molecule has 0 aromatic rings. The first kappa shape index (κ1) is 30.6. The second-order valence-corrected chi connectivity index (χ2v) is 8.44. The summed E-state index contributed by atoms with van der Waals surface area (Å²) in [5.74, 6) is -0.347. The third-order valence-electron chi connectivity index (χ3n) is 5.63. The van der Waals surface area contributed by atoms with E-state index in [0.29, 0.717) is 6.42 Å². The van der Waals surface area contributed by atoms with Crippen molar-refractivity contribution < 1.29 is 29.6 Å². The molecule has 0 spiro atoms.